The average molecular weight is 311 g/mol. The van der Waals surface area contributed by atoms with Crippen LogP contribution in [0.3, 0.4) is 0 Å². The third-order valence-electron chi connectivity index (χ3n) is 3.24. The molecule has 0 saturated carbocycles. The van der Waals surface area contributed by atoms with E-state index in [1.165, 1.54) is 0 Å². The topological polar surface area (TPSA) is 105 Å². The van der Waals surface area contributed by atoms with Gasteiger partial charge in [0.05, 0.1) is 5.41 Å². The Balaban J connectivity index is 2.34. The highest BCUT2D eigenvalue weighted by molar-refractivity contribution is 5.78. The number of nitrogens with one attached hydrogen (secondary N) is 1. The van der Waals surface area contributed by atoms with Crippen molar-refractivity contribution in [2.45, 2.75) is 59.3 Å². The van der Waals surface area contributed by atoms with Crippen LogP contribution in [0.1, 0.15) is 59.2 Å². The highest BCUT2D eigenvalue weighted by Gasteiger charge is 2.27. The second-order valence-electron chi connectivity index (χ2n) is 7.08. The van der Waals surface area contributed by atoms with Crippen molar-refractivity contribution in [3.05, 3.63) is 11.7 Å². The zero-order valence-electron chi connectivity index (χ0n) is 13.9. The molecule has 7 nitrogen and oxygen atoms in total. The molecule has 0 aliphatic carbocycles. The summed E-state index contributed by atoms with van der Waals surface area (Å²) >= 11 is 0. The Bertz CT molecular complexity index is 529. The maximum atomic E-state index is 11.7. The SMILES string of the molecule is CC(C)(CNC(=O)CCCc1nc(C(C)(C)C)no1)C(=O)O. The molecule has 1 aromatic rings. The molecule has 0 aliphatic heterocycles. The van der Waals surface area contributed by atoms with E-state index in [1.807, 2.05) is 20.8 Å². The molecule has 2 N–H and O–H groups in total. The van der Waals surface area contributed by atoms with Gasteiger partial charge in [-0.25, -0.2) is 0 Å². The summed E-state index contributed by atoms with van der Waals surface area (Å²) in [6.07, 6.45) is 1.40. The lowest BCUT2D eigenvalue weighted by Crippen LogP contribution is -2.38. The van der Waals surface area contributed by atoms with Crippen LogP contribution in [-0.4, -0.2) is 33.7 Å². The predicted octanol–water partition coefficient (Wildman–Crippen LogP) is 1.92. The number of hydrogen-bond acceptors (Lipinski definition) is 5. The average Bonchev–Trinajstić information content (AvgIpc) is 2.85. The molecule has 7 heteroatoms. The van der Waals surface area contributed by atoms with Gasteiger partial charge in [-0.3, -0.25) is 9.59 Å². The standard InChI is InChI=1S/C15H25N3O4/c1-14(2,3)12-17-11(22-18-12)8-6-7-10(19)16-9-15(4,5)13(20)21/h6-9H2,1-5H3,(H,16,19)(H,20,21). The van der Waals surface area contributed by atoms with Crippen LogP contribution in [0.25, 0.3) is 0 Å². The molecule has 1 heterocycles. The summed E-state index contributed by atoms with van der Waals surface area (Å²) in [5.74, 6) is 0.0528. The number of nitrogens with zero attached hydrogens (tertiary/aromatic N) is 2. The van der Waals surface area contributed by atoms with Gasteiger partial charge in [0.2, 0.25) is 11.8 Å². The van der Waals surface area contributed by atoms with Crippen molar-refractivity contribution in [3.63, 3.8) is 0 Å². The molecule has 1 aromatic heterocycles. The maximum Gasteiger partial charge on any atom is 0.310 e. The first kappa shape index (κ1) is 18.1. The predicted molar refractivity (Wildman–Crippen MR) is 80.4 cm³/mol. The minimum atomic E-state index is -0.968. The highest BCUT2D eigenvalue weighted by Crippen LogP contribution is 2.19. The van der Waals surface area contributed by atoms with Crippen LogP contribution in [0.4, 0.5) is 0 Å². The molecule has 0 unspecified atom stereocenters. The number of carbonyl (C=O) groups excluding carboxylic acids is 1. The fraction of sp³-hybridized carbons (Fsp3) is 0.733. The molecule has 0 aromatic carbocycles. The molecule has 0 bridgehead atoms. The van der Waals surface area contributed by atoms with Crippen molar-refractivity contribution in [1.82, 2.24) is 15.5 Å². The Morgan fingerprint density at radius 2 is 1.86 bits per heavy atom. The van der Waals surface area contributed by atoms with Gasteiger partial charge in [-0.15, -0.1) is 0 Å². The number of aliphatic carboxylic acids is 1. The van der Waals surface area contributed by atoms with E-state index < -0.39 is 11.4 Å². The summed E-state index contributed by atoms with van der Waals surface area (Å²) in [5, 5.41) is 15.5. The van der Waals surface area contributed by atoms with Crippen molar-refractivity contribution in [1.29, 1.82) is 0 Å². The van der Waals surface area contributed by atoms with E-state index in [1.54, 1.807) is 13.8 Å². The minimum absolute atomic E-state index is 0.107. The van der Waals surface area contributed by atoms with Gasteiger partial charge in [0.1, 0.15) is 0 Å². The fourth-order valence-corrected chi connectivity index (χ4v) is 1.54. The zero-order valence-corrected chi connectivity index (χ0v) is 13.9. The molecule has 0 saturated heterocycles. The number of rotatable bonds is 7. The lowest BCUT2D eigenvalue weighted by molar-refractivity contribution is -0.146. The number of hydrogen-bond donors (Lipinski definition) is 2. The molecule has 0 radical (unpaired) electrons. The summed E-state index contributed by atoms with van der Waals surface area (Å²) in [4.78, 5) is 26.9. The Hall–Kier alpha value is -1.92. The van der Waals surface area contributed by atoms with Gasteiger partial charge in [-0.05, 0) is 20.3 Å². The van der Waals surface area contributed by atoms with Crippen LogP contribution in [0.5, 0.6) is 0 Å². The number of carboxylic acid groups (broad SMARTS) is 1. The van der Waals surface area contributed by atoms with Crippen LogP contribution in [0, 0.1) is 5.41 Å². The van der Waals surface area contributed by atoms with Gasteiger partial charge in [0.25, 0.3) is 0 Å². The summed E-state index contributed by atoms with van der Waals surface area (Å²) in [5.41, 5.74) is -1.13. The molecule has 0 aliphatic rings. The van der Waals surface area contributed by atoms with E-state index in [2.05, 4.69) is 15.5 Å². The monoisotopic (exact) mass is 311 g/mol. The molecular weight excluding hydrogens is 286 g/mol. The third kappa shape index (κ3) is 5.46. The minimum Gasteiger partial charge on any atom is -0.481 e. The summed E-state index contributed by atoms with van der Waals surface area (Å²) < 4.78 is 5.15. The van der Waals surface area contributed by atoms with Crippen LogP contribution >= 0.6 is 0 Å². The lowest BCUT2D eigenvalue weighted by Gasteiger charge is -2.19. The summed E-state index contributed by atoms with van der Waals surface area (Å²) in [6, 6.07) is 0. The Kier molecular flexibility index (Phi) is 5.68. The van der Waals surface area contributed by atoms with E-state index in [4.69, 9.17) is 9.63 Å². The van der Waals surface area contributed by atoms with Gasteiger partial charge in [-0.1, -0.05) is 25.9 Å². The normalized spacial score (nSPS) is 12.2. The maximum absolute atomic E-state index is 11.7. The summed E-state index contributed by atoms with van der Waals surface area (Å²) in [6.45, 7) is 9.25. The van der Waals surface area contributed by atoms with Crippen molar-refractivity contribution in [2.75, 3.05) is 6.54 Å². The van der Waals surface area contributed by atoms with E-state index >= 15 is 0 Å². The molecule has 1 amide bonds. The van der Waals surface area contributed by atoms with Crippen LogP contribution < -0.4 is 5.32 Å². The number of aryl methyl sites for hydroxylation is 1. The van der Waals surface area contributed by atoms with Crippen LogP contribution in [-0.2, 0) is 21.4 Å². The molecule has 0 fully saturated rings. The number of amides is 1. The van der Waals surface area contributed by atoms with Crippen molar-refractivity contribution in [2.24, 2.45) is 5.41 Å². The first-order valence-corrected chi connectivity index (χ1v) is 7.35. The van der Waals surface area contributed by atoms with E-state index in [0.717, 1.165) is 0 Å². The number of carboxylic acids is 1. The highest BCUT2D eigenvalue weighted by atomic mass is 16.5. The van der Waals surface area contributed by atoms with Gasteiger partial charge in [0, 0.05) is 24.8 Å². The quantitative estimate of drug-likeness (QED) is 0.797. The van der Waals surface area contributed by atoms with E-state index in [0.29, 0.717) is 31.0 Å². The van der Waals surface area contributed by atoms with Crippen LogP contribution in [0.15, 0.2) is 4.52 Å². The first-order valence-electron chi connectivity index (χ1n) is 7.35. The first-order chi connectivity index (χ1) is 10.0. The Labute approximate surface area is 130 Å². The molecular formula is C15H25N3O4. The van der Waals surface area contributed by atoms with E-state index in [9.17, 15) is 9.59 Å². The molecule has 0 spiro atoms. The number of carbonyl (C=O) groups is 2. The van der Waals surface area contributed by atoms with Crippen molar-refractivity contribution >= 4 is 11.9 Å². The zero-order chi connectivity index (χ0) is 17.0. The Morgan fingerprint density at radius 3 is 2.36 bits per heavy atom. The second-order valence-corrected chi connectivity index (χ2v) is 7.08. The Morgan fingerprint density at radius 1 is 1.23 bits per heavy atom. The van der Waals surface area contributed by atoms with Crippen LogP contribution in [0.2, 0.25) is 0 Å². The number of aromatic nitrogens is 2. The smallest absolute Gasteiger partial charge is 0.310 e. The van der Waals surface area contributed by atoms with Gasteiger partial charge < -0.3 is 14.9 Å². The molecule has 1 rings (SSSR count). The lowest BCUT2D eigenvalue weighted by atomic mass is 9.94. The molecule has 124 valence electrons. The third-order valence-corrected chi connectivity index (χ3v) is 3.24. The fourth-order valence-electron chi connectivity index (χ4n) is 1.54. The largest absolute Gasteiger partial charge is 0.481 e. The molecule has 0 atom stereocenters. The van der Waals surface area contributed by atoms with Gasteiger partial charge in [0.15, 0.2) is 5.82 Å². The molecule has 22 heavy (non-hydrogen) atoms. The summed E-state index contributed by atoms with van der Waals surface area (Å²) in [7, 11) is 0. The van der Waals surface area contributed by atoms with Gasteiger partial charge in [-0.2, -0.15) is 4.98 Å². The van der Waals surface area contributed by atoms with Crippen molar-refractivity contribution in [3.8, 4) is 0 Å². The second kappa shape index (κ2) is 6.89. The van der Waals surface area contributed by atoms with Gasteiger partial charge >= 0.3 is 5.97 Å². The van der Waals surface area contributed by atoms with E-state index in [-0.39, 0.29) is 17.9 Å². The van der Waals surface area contributed by atoms with Crippen molar-refractivity contribution < 1.29 is 19.2 Å².